The van der Waals surface area contributed by atoms with Gasteiger partial charge in [-0.25, -0.2) is 9.97 Å². The zero-order valence-corrected chi connectivity index (χ0v) is 11.5. The summed E-state index contributed by atoms with van der Waals surface area (Å²) in [6, 6.07) is 1.80. The van der Waals surface area contributed by atoms with Gasteiger partial charge in [0.2, 0.25) is 5.91 Å². The number of nitrogens with one attached hydrogen (secondary N) is 2. The van der Waals surface area contributed by atoms with Gasteiger partial charge < -0.3 is 10.6 Å². The third-order valence-corrected chi connectivity index (χ3v) is 3.54. The van der Waals surface area contributed by atoms with E-state index in [9.17, 15) is 4.79 Å². The lowest BCUT2D eigenvalue weighted by Gasteiger charge is -2.39. The molecule has 0 unspecified atom stereocenters. The monoisotopic (exact) mass is 263 g/mol. The van der Waals surface area contributed by atoms with Crippen LogP contribution in [0.5, 0.6) is 0 Å². The van der Waals surface area contributed by atoms with E-state index >= 15 is 0 Å². The number of carbonyl (C=O) groups excluding carboxylic acids is 1. The van der Waals surface area contributed by atoms with Gasteiger partial charge in [0, 0.05) is 32.4 Å². The molecule has 1 aliphatic heterocycles. The molecule has 6 nitrogen and oxygen atoms in total. The van der Waals surface area contributed by atoms with E-state index in [4.69, 9.17) is 0 Å². The zero-order chi connectivity index (χ0) is 13.7. The second-order valence-electron chi connectivity index (χ2n) is 5.18. The van der Waals surface area contributed by atoms with E-state index in [0.717, 1.165) is 31.9 Å². The molecule has 1 saturated heterocycles. The molecule has 1 aliphatic rings. The van der Waals surface area contributed by atoms with Crippen molar-refractivity contribution in [3.05, 3.63) is 24.3 Å². The molecule has 0 atom stereocenters. The predicted octanol–water partition coefficient (Wildman–Crippen LogP) is -0.223. The molecule has 6 heteroatoms. The van der Waals surface area contributed by atoms with Crippen LogP contribution in [0.25, 0.3) is 0 Å². The van der Waals surface area contributed by atoms with Crippen LogP contribution in [0.2, 0.25) is 0 Å². The predicted molar refractivity (Wildman–Crippen MR) is 72.4 cm³/mol. The van der Waals surface area contributed by atoms with Crippen molar-refractivity contribution in [3.8, 4) is 0 Å². The van der Waals surface area contributed by atoms with Gasteiger partial charge in [-0.15, -0.1) is 0 Å². The summed E-state index contributed by atoms with van der Waals surface area (Å²) in [4.78, 5) is 22.5. The molecule has 1 fully saturated rings. The molecular weight excluding hydrogens is 242 g/mol. The standard InChI is InChI=1S/C13H21N5O/c1-13(2,18-7-5-14-6-8-18)12(19)16-9-11-3-4-15-10-17-11/h3-4,10,14H,5-9H2,1-2H3,(H,16,19). The van der Waals surface area contributed by atoms with Crippen molar-refractivity contribution in [2.75, 3.05) is 26.2 Å². The van der Waals surface area contributed by atoms with Crippen LogP contribution < -0.4 is 10.6 Å². The molecule has 0 saturated carbocycles. The lowest BCUT2D eigenvalue weighted by Crippen LogP contribution is -2.59. The highest BCUT2D eigenvalue weighted by Crippen LogP contribution is 2.15. The highest BCUT2D eigenvalue weighted by Gasteiger charge is 2.34. The van der Waals surface area contributed by atoms with Crippen LogP contribution >= 0.6 is 0 Å². The Morgan fingerprint density at radius 2 is 2.21 bits per heavy atom. The molecule has 2 rings (SSSR count). The van der Waals surface area contributed by atoms with Crippen molar-refractivity contribution in [2.24, 2.45) is 0 Å². The maximum absolute atomic E-state index is 12.3. The van der Waals surface area contributed by atoms with Gasteiger partial charge in [0.15, 0.2) is 0 Å². The maximum Gasteiger partial charge on any atom is 0.240 e. The van der Waals surface area contributed by atoms with Gasteiger partial charge >= 0.3 is 0 Å². The number of nitrogens with zero attached hydrogens (tertiary/aromatic N) is 3. The molecule has 0 aliphatic carbocycles. The molecule has 2 heterocycles. The van der Waals surface area contributed by atoms with E-state index in [1.54, 1.807) is 12.3 Å². The van der Waals surface area contributed by atoms with Crippen LogP contribution in [0.3, 0.4) is 0 Å². The van der Waals surface area contributed by atoms with Crippen LogP contribution in [0, 0.1) is 0 Å². The van der Waals surface area contributed by atoms with E-state index in [1.165, 1.54) is 6.33 Å². The number of rotatable bonds is 4. The number of hydrogen-bond acceptors (Lipinski definition) is 5. The van der Waals surface area contributed by atoms with Crippen molar-refractivity contribution in [2.45, 2.75) is 25.9 Å². The van der Waals surface area contributed by atoms with Gasteiger partial charge in [-0.05, 0) is 19.9 Å². The number of amides is 1. The van der Waals surface area contributed by atoms with E-state index in [0.29, 0.717) is 6.54 Å². The minimum Gasteiger partial charge on any atom is -0.349 e. The largest absolute Gasteiger partial charge is 0.349 e. The first-order chi connectivity index (χ1) is 9.10. The minimum atomic E-state index is -0.491. The number of hydrogen-bond donors (Lipinski definition) is 2. The smallest absolute Gasteiger partial charge is 0.240 e. The molecule has 1 aromatic heterocycles. The highest BCUT2D eigenvalue weighted by molar-refractivity contribution is 5.85. The van der Waals surface area contributed by atoms with Crippen LogP contribution in [0.4, 0.5) is 0 Å². The fourth-order valence-corrected chi connectivity index (χ4v) is 2.18. The van der Waals surface area contributed by atoms with Crippen LogP contribution in [0.15, 0.2) is 18.6 Å². The van der Waals surface area contributed by atoms with Gasteiger partial charge in [0.05, 0.1) is 17.8 Å². The first-order valence-corrected chi connectivity index (χ1v) is 6.59. The molecule has 0 aromatic carbocycles. The molecule has 0 radical (unpaired) electrons. The summed E-state index contributed by atoms with van der Waals surface area (Å²) >= 11 is 0. The summed E-state index contributed by atoms with van der Waals surface area (Å²) in [5.74, 6) is 0.0352. The van der Waals surface area contributed by atoms with Crippen molar-refractivity contribution >= 4 is 5.91 Å². The Bertz CT molecular complexity index is 414. The van der Waals surface area contributed by atoms with Gasteiger partial charge in [0.25, 0.3) is 0 Å². The van der Waals surface area contributed by atoms with Crippen molar-refractivity contribution in [1.29, 1.82) is 0 Å². The Morgan fingerprint density at radius 3 is 2.84 bits per heavy atom. The summed E-state index contributed by atoms with van der Waals surface area (Å²) < 4.78 is 0. The molecule has 104 valence electrons. The maximum atomic E-state index is 12.3. The van der Waals surface area contributed by atoms with E-state index < -0.39 is 5.54 Å². The van der Waals surface area contributed by atoms with Gasteiger partial charge in [-0.1, -0.05) is 0 Å². The lowest BCUT2D eigenvalue weighted by atomic mass is 10.0. The van der Waals surface area contributed by atoms with E-state index in [2.05, 4.69) is 25.5 Å². The summed E-state index contributed by atoms with van der Waals surface area (Å²) in [7, 11) is 0. The van der Waals surface area contributed by atoms with Gasteiger partial charge in [-0.3, -0.25) is 9.69 Å². The van der Waals surface area contributed by atoms with E-state index in [1.807, 2.05) is 13.8 Å². The molecule has 0 bridgehead atoms. The second kappa shape index (κ2) is 6.08. The first-order valence-electron chi connectivity index (χ1n) is 6.59. The Labute approximate surface area is 113 Å². The third kappa shape index (κ3) is 3.48. The Balaban J connectivity index is 1.90. The summed E-state index contributed by atoms with van der Waals surface area (Å²) in [5, 5.41) is 6.24. The molecule has 1 amide bonds. The zero-order valence-electron chi connectivity index (χ0n) is 11.5. The quantitative estimate of drug-likeness (QED) is 0.786. The third-order valence-electron chi connectivity index (χ3n) is 3.54. The normalized spacial score (nSPS) is 17.2. The Kier molecular flexibility index (Phi) is 4.44. The average molecular weight is 263 g/mol. The van der Waals surface area contributed by atoms with Crippen molar-refractivity contribution in [3.63, 3.8) is 0 Å². The number of piperazine rings is 1. The highest BCUT2D eigenvalue weighted by atomic mass is 16.2. The number of aromatic nitrogens is 2. The van der Waals surface area contributed by atoms with Gasteiger partial charge in [-0.2, -0.15) is 0 Å². The van der Waals surface area contributed by atoms with Crippen molar-refractivity contribution in [1.82, 2.24) is 25.5 Å². The fraction of sp³-hybridized carbons (Fsp3) is 0.615. The van der Waals surface area contributed by atoms with E-state index in [-0.39, 0.29) is 5.91 Å². The number of carbonyl (C=O) groups is 1. The average Bonchev–Trinajstić information content (AvgIpc) is 2.46. The molecule has 19 heavy (non-hydrogen) atoms. The fourth-order valence-electron chi connectivity index (χ4n) is 2.18. The van der Waals surface area contributed by atoms with Crippen molar-refractivity contribution < 1.29 is 4.79 Å². The summed E-state index contributed by atoms with van der Waals surface area (Å²) in [5.41, 5.74) is 0.328. The second-order valence-corrected chi connectivity index (χ2v) is 5.18. The molecule has 2 N–H and O–H groups in total. The topological polar surface area (TPSA) is 70.2 Å². The summed E-state index contributed by atoms with van der Waals surface area (Å²) in [6.45, 7) is 8.03. The Hall–Kier alpha value is -1.53. The molecule has 1 aromatic rings. The molecular formula is C13H21N5O. The van der Waals surface area contributed by atoms with Crippen LogP contribution in [0.1, 0.15) is 19.5 Å². The van der Waals surface area contributed by atoms with Gasteiger partial charge in [0.1, 0.15) is 6.33 Å². The SMILES string of the molecule is CC(C)(C(=O)NCc1ccncn1)N1CCNCC1. The Morgan fingerprint density at radius 1 is 1.47 bits per heavy atom. The lowest BCUT2D eigenvalue weighted by molar-refractivity contribution is -0.132. The van der Waals surface area contributed by atoms with Crippen LogP contribution in [-0.2, 0) is 11.3 Å². The van der Waals surface area contributed by atoms with Crippen LogP contribution in [-0.4, -0.2) is 52.5 Å². The minimum absolute atomic E-state index is 0.0352. The summed E-state index contributed by atoms with van der Waals surface area (Å²) in [6.07, 6.45) is 3.17. The molecule has 0 spiro atoms. The first kappa shape index (κ1) is 13.9.